The van der Waals surface area contributed by atoms with E-state index < -0.39 is 0 Å². The third kappa shape index (κ3) is 3.86. The molecule has 1 atom stereocenters. The lowest BCUT2D eigenvalue weighted by atomic mass is 10.00. The van der Waals surface area contributed by atoms with E-state index in [4.69, 9.17) is 16.3 Å². The van der Waals surface area contributed by atoms with Crippen molar-refractivity contribution in [1.82, 2.24) is 9.47 Å². The van der Waals surface area contributed by atoms with Gasteiger partial charge >= 0.3 is 0 Å². The second-order valence-corrected chi connectivity index (χ2v) is 7.53. The van der Waals surface area contributed by atoms with Crippen molar-refractivity contribution in [2.24, 2.45) is 0 Å². The third-order valence-corrected chi connectivity index (χ3v) is 5.77. The molecule has 1 aliphatic rings. The van der Waals surface area contributed by atoms with Crippen molar-refractivity contribution >= 4 is 17.3 Å². The molecule has 1 aromatic heterocycles. The Hall–Kier alpha value is -2.83. The van der Waals surface area contributed by atoms with Crippen LogP contribution >= 0.6 is 11.6 Å². The average Bonchev–Trinajstić information content (AvgIpc) is 3.11. The van der Waals surface area contributed by atoms with Crippen LogP contribution in [0, 0.1) is 10.1 Å². The highest BCUT2D eigenvalue weighted by Gasteiger charge is 2.30. The number of benzene rings is 2. The predicted molar refractivity (Wildman–Crippen MR) is 112 cm³/mol. The number of nitro groups is 1. The van der Waals surface area contributed by atoms with Crippen LogP contribution in [0.5, 0.6) is 5.75 Å². The lowest BCUT2D eigenvalue weighted by Crippen LogP contribution is -2.30. The number of fused-ring (bicyclic) bond motifs is 1. The molecule has 1 unspecified atom stereocenters. The number of methoxy groups -OCH3 is 1. The van der Waals surface area contributed by atoms with Crippen molar-refractivity contribution in [1.29, 1.82) is 0 Å². The van der Waals surface area contributed by atoms with Crippen molar-refractivity contribution in [3.8, 4) is 5.75 Å². The maximum absolute atomic E-state index is 11.2. The fourth-order valence-electron chi connectivity index (χ4n) is 4.07. The van der Waals surface area contributed by atoms with E-state index >= 15 is 0 Å². The molecular weight excluding hydrogens is 390 g/mol. The average molecular weight is 412 g/mol. The molecule has 0 radical (unpaired) electrons. The number of ether oxygens (including phenoxy) is 1. The van der Waals surface area contributed by atoms with E-state index in [9.17, 15) is 10.1 Å². The number of aromatic nitrogens is 1. The summed E-state index contributed by atoms with van der Waals surface area (Å²) in [6.45, 7) is 2.27. The highest BCUT2D eigenvalue weighted by molar-refractivity contribution is 6.31. The smallest absolute Gasteiger partial charge is 0.269 e. The van der Waals surface area contributed by atoms with Crippen molar-refractivity contribution in [3.05, 3.63) is 92.8 Å². The molecule has 0 fully saturated rings. The summed E-state index contributed by atoms with van der Waals surface area (Å²) in [5.41, 5.74) is 3.05. The molecule has 0 bridgehead atoms. The second-order valence-electron chi connectivity index (χ2n) is 7.13. The van der Waals surface area contributed by atoms with Gasteiger partial charge < -0.3 is 9.30 Å². The van der Waals surface area contributed by atoms with Crippen LogP contribution < -0.4 is 4.74 Å². The first-order valence-electron chi connectivity index (χ1n) is 9.53. The maximum Gasteiger partial charge on any atom is 0.269 e. The lowest BCUT2D eigenvalue weighted by Gasteiger charge is -2.31. The highest BCUT2D eigenvalue weighted by Crippen LogP contribution is 2.38. The molecule has 7 heteroatoms. The Morgan fingerprint density at radius 2 is 2.00 bits per heavy atom. The molecule has 3 aromatic rings. The quantitative estimate of drug-likeness (QED) is 0.435. The van der Waals surface area contributed by atoms with Gasteiger partial charge in [-0.25, -0.2) is 0 Å². The van der Waals surface area contributed by atoms with Crippen LogP contribution in [-0.4, -0.2) is 28.0 Å². The minimum Gasteiger partial charge on any atom is -0.496 e. The van der Waals surface area contributed by atoms with Gasteiger partial charge in [-0.1, -0.05) is 29.8 Å². The molecule has 0 N–H and O–H groups in total. The number of aryl methyl sites for hydroxylation is 1. The molecular formula is C22H22ClN3O3. The standard InChI is InChI=1S/C22H22ClN3O3/c1-29-21-8-3-2-6-18(21)22-20-7-4-11-24(20)12-5-13-25(22)15-16-14-17(26(27)28)9-10-19(16)23/h2-4,6-11,14,22H,5,12-13,15H2,1H3. The Labute approximate surface area is 174 Å². The molecule has 2 heterocycles. The van der Waals surface area contributed by atoms with Gasteiger partial charge in [-0.3, -0.25) is 15.0 Å². The molecule has 29 heavy (non-hydrogen) atoms. The van der Waals surface area contributed by atoms with Crippen LogP contribution in [0.4, 0.5) is 5.69 Å². The van der Waals surface area contributed by atoms with Crippen molar-refractivity contribution in [2.45, 2.75) is 25.6 Å². The molecule has 4 rings (SSSR count). The molecule has 6 nitrogen and oxygen atoms in total. The number of hydrogen-bond acceptors (Lipinski definition) is 4. The summed E-state index contributed by atoms with van der Waals surface area (Å²) < 4.78 is 7.92. The van der Waals surface area contributed by atoms with E-state index in [1.165, 1.54) is 11.8 Å². The normalized spacial score (nSPS) is 16.8. The Kier molecular flexibility index (Phi) is 5.56. The number of non-ortho nitro benzene ring substituents is 1. The lowest BCUT2D eigenvalue weighted by molar-refractivity contribution is -0.384. The summed E-state index contributed by atoms with van der Waals surface area (Å²) in [5, 5.41) is 11.8. The van der Waals surface area contributed by atoms with Crippen LogP contribution in [-0.2, 0) is 13.1 Å². The van der Waals surface area contributed by atoms with E-state index in [0.717, 1.165) is 36.4 Å². The molecule has 150 valence electrons. The molecule has 2 aromatic carbocycles. The third-order valence-electron chi connectivity index (χ3n) is 5.40. The van der Waals surface area contributed by atoms with Gasteiger partial charge in [0.25, 0.3) is 5.69 Å². The number of para-hydroxylation sites is 1. The fourth-order valence-corrected chi connectivity index (χ4v) is 4.25. The van der Waals surface area contributed by atoms with E-state index in [2.05, 4.69) is 33.9 Å². The van der Waals surface area contributed by atoms with Gasteiger partial charge in [-0.05, 0) is 36.2 Å². The van der Waals surface area contributed by atoms with Gasteiger partial charge in [-0.2, -0.15) is 0 Å². The van der Waals surface area contributed by atoms with Gasteiger partial charge in [-0.15, -0.1) is 0 Å². The SMILES string of the molecule is COc1ccccc1C1c2cccn2CCCN1Cc1cc([N+](=O)[O-])ccc1Cl. The van der Waals surface area contributed by atoms with E-state index in [0.29, 0.717) is 11.6 Å². The monoisotopic (exact) mass is 411 g/mol. The van der Waals surface area contributed by atoms with Crippen LogP contribution in [0.15, 0.2) is 60.8 Å². The van der Waals surface area contributed by atoms with Crippen molar-refractivity contribution < 1.29 is 9.66 Å². The number of rotatable bonds is 5. The van der Waals surface area contributed by atoms with Gasteiger partial charge in [0.2, 0.25) is 0 Å². The van der Waals surface area contributed by atoms with Gasteiger partial charge in [0, 0.05) is 54.2 Å². The van der Waals surface area contributed by atoms with E-state index in [-0.39, 0.29) is 16.7 Å². The minimum absolute atomic E-state index is 0.0426. The summed E-state index contributed by atoms with van der Waals surface area (Å²) in [6, 6.07) is 16.8. The first-order chi connectivity index (χ1) is 14.1. The molecule has 0 saturated carbocycles. The number of nitrogens with zero attached hydrogens (tertiary/aromatic N) is 3. The topological polar surface area (TPSA) is 60.5 Å². The molecule has 0 spiro atoms. The number of halogens is 1. The Balaban J connectivity index is 1.79. The largest absolute Gasteiger partial charge is 0.496 e. The van der Waals surface area contributed by atoms with Gasteiger partial charge in [0.05, 0.1) is 18.1 Å². The second kappa shape index (κ2) is 8.27. The zero-order chi connectivity index (χ0) is 20.4. The summed E-state index contributed by atoms with van der Waals surface area (Å²) in [4.78, 5) is 13.2. The van der Waals surface area contributed by atoms with Crippen molar-refractivity contribution in [3.63, 3.8) is 0 Å². The van der Waals surface area contributed by atoms with Crippen molar-refractivity contribution in [2.75, 3.05) is 13.7 Å². The molecule has 0 aliphatic carbocycles. The Morgan fingerprint density at radius 3 is 2.79 bits per heavy atom. The zero-order valence-electron chi connectivity index (χ0n) is 16.1. The number of nitro benzene ring substituents is 1. The van der Waals surface area contributed by atoms with Crippen LogP contribution in [0.25, 0.3) is 0 Å². The van der Waals surface area contributed by atoms with Crippen LogP contribution in [0.3, 0.4) is 0 Å². The molecule has 1 aliphatic heterocycles. The Bertz CT molecular complexity index is 1030. The first-order valence-corrected chi connectivity index (χ1v) is 9.91. The molecule has 0 amide bonds. The Morgan fingerprint density at radius 1 is 1.17 bits per heavy atom. The summed E-state index contributed by atoms with van der Waals surface area (Å²) in [5.74, 6) is 0.822. The maximum atomic E-state index is 11.2. The van der Waals surface area contributed by atoms with E-state index in [1.54, 1.807) is 19.2 Å². The summed E-state index contributed by atoms with van der Waals surface area (Å²) >= 11 is 6.41. The summed E-state index contributed by atoms with van der Waals surface area (Å²) in [7, 11) is 1.68. The predicted octanol–water partition coefficient (Wildman–Crippen LogP) is 5.05. The van der Waals surface area contributed by atoms with Gasteiger partial charge in [0.1, 0.15) is 5.75 Å². The number of hydrogen-bond donors (Lipinski definition) is 0. The van der Waals surface area contributed by atoms with Crippen LogP contribution in [0.2, 0.25) is 5.02 Å². The summed E-state index contributed by atoms with van der Waals surface area (Å²) in [6.07, 6.45) is 3.07. The van der Waals surface area contributed by atoms with Crippen LogP contribution in [0.1, 0.15) is 29.3 Å². The fraction of sp³-hybridized carbons (Fsp3) is 0.273. The first kappa shape index (κ1) is 19.5. The minimum atomic E-state index is -0.384. The van der Waals surface area contributed by atoms with Gasteiger partial charge in [0.15, 0.2) is 0 Å². The zero-order valence-corrected chi connectivity index (χ0v) is 16.9. The molecule has 0 saturated heterocycles. The van der Waals surface area contributed by atoms with E-state index in [1.807, 2.05) is 18.2 Å². The highest BCUT2D eigenvalue weighted by atomic mass is 35.5.